The first-order chi connectivity index (χ1) is 14.1. The first-order valence-electron chi connectivity index (χ1n) is 8.92. The summed E-state index contributed by atoms with van der Waals surface area (Å²) in [6, 6.07) is 11.2. The fourth-order valence-corrected chi connectivity index (χ4v) is 3.04. The third kappa shape index (κ3) is 3.52. The highest BCUT2D eigenvalue weighted by molar-refractivity contribution is 5.35. The number of rotatable bonds is 7. The lowest BCUT2D eigenvalue weighted by molar-refractivity contribution is -0.166. The number of hydrogen-bond donors (Lipinski definition) is 0. The highest BCUT2D eigenvalue weighted by Crippen LogP contribution is 2.53. The van der Waals surface area contributed by atoms with Crippen molar-refractivity contribution in [2.45, 2.75) is 36.5 Å². The van der Waals surface area contributed by atoms with Crippen molar-refractivity contribution in [3.8, 4) is 5.75 Å². The van der Waals surface area contributed by atoms with Gasteiger partial charge < -0.3 is 4.74 Å². The van der Waals surface area contributed by atoms with E-state index in [9.17, 15) is 26.3 Å². The van der Waals surface area contributed by atoms with Crippen LogP contribution < -0.4 is 4.74 Å². The van der Waals surface area contributed by atoms with E-state index in [0.717, 1.165) is 5.56 Å². The van der Waals surface area contributed by atoms with Crippen LogP contribution in [0.5, 0.6) is 5.75 Å². The molecule has 30 heavy (non-hydrogen) atoms. The first kappa shape index (κ1) is 20.3. The Morgan fingerprint density at radius 1 is 0.667 bits per heavy atom. The maximum atomic E-state index is 13.0. The molecule has 0 saturated heterocycles. The largest absolute Gasteiger partial charge is 0.494 e. The zero-order valence-electron chi connectivity index (χ0n) is 15.2. The second-order valence-corrected chi connectivity index (χ2v) is 6.91. The molecular weight excluding hydrogens is 414 g/mol. The first-order valence-corrected chi connectivity index (χ1v) is 8.92. The van der Waals surface area contributed by atoms with E-state index in [1.807, 2.05) is 0 Å². The molecule has 0 radical (unpaired) electrons. The van der Waals surface area contributed by atoms with Crippen LogP contribution in [0.3, 0.4) is 0 Å². The second kappa shape index (κ2) is 6.78. The van der Waals surface area contributed by atoms with Gasteiger partial charge in [-0.2, -0.15) is 26.3 Å². The normalized spacial score (nSPS) is 18.3. The van der Waals surface area contributed by atoms with Gasteiger partial charge in [0, 0.05) is 11.1 Å². The molecule has 11 heteroatoms. The lowest BCUT2D eigenvalue weighted by Gasteiger charge is -2.15. The number of nitrogens with zero attached hydrogens (tertiary/aromatic N) is 4. The van der Waals surface area contributed by atoms with E-state index in [1.54, 1.807) is 12.1 Å². The Labute approximate surface area is 166 Å². The number of hydrogen-bond acceptors (Lipinski definition) is 5. The predicted octanol–water partition coefficient (Wildman–Crippen LogP) is 6.06. The van der Waals surface area contributed by atoms with Gasteiger partial charge in [0.05, 0.1) is 6.61 Å². The molecule has 0 spiro atoms. The number of halogens is 6. The van der Waals surface area contributed by atoms with Crippen molar-refractivity contribution in [3.63, 3.8) is 0 Å². The summed E-state index contributed by atoms with van der Waals surface area (Å²) in [6.45, 7) is 0.289. The van der Waals surface area contributed by atoms with Crippen molar-refractivity contribution in [2.75, 3.05) is 6.61 Å². The van der Waals surface area contributed by atoms with E-state index in [4.69, 9.17) is 4.74 Å². The smallest absolute Gasteiger partial charge is 0.442 e. The molecule has 2 aliphatic rings. The van der Waals surface area contributed by atoms with Crippen LogP contribution in [0.2, 0.25) is 0 Å². The summed E-state index contributed by atoms with van der Waals surface area (Å²) in [5, 5.41) is 12.6. The minimum Gasteiger partial charge on any atom is -0.494 e. The second-order valence-electron chi connectivity index (χ2n) is 6.91. The lowest BCUT2D eigenvalue weighted by atomic mass is 10.00. The Hall–Kier alpha value is -2.98. The Bertz CT molecular complexity index is 887. The topological polar surface area (TPSA) is 58.7 Å². The van der Waals surface area contributed by atoms with Gasteiger partial charge in [-0.1, -0.05) is 36.4 Å². The molecule has 0 amide bonds. The van der Waals surface area contributed by atoms with Crippen molar-refractivity contribution in [2.24, 2.45) is 20.5 Å². The van der Waals surface area contributed by atoms with Crippen LogP contribution in [0.25, 0.3) is 0 Å². The van der Waals surface area contributed by atoms with Crippen LogP contribution in [0.4, 0.5) is 26.3 Å². The molecule has 5 nitrogen and oxygen atoms in total. The van der Waals surface area contributed by atoms with Gasteiger partial charge in [0.2, 0.25) is 0 Å². The molecule has 0 saturated carbocycles. The van der Waals surface area contributed by atoms with E-state index in [1.165, 1.54) is 36.4 Å². The fraction of sp³-hybridized carbons (Fsp3) is 0.368. The molecule has 2 heterocycles. The van der Waals surface area contributed by atoms with Gasteiger partial charge >= 0.3 is 23.7 Å². The molecule has 0 bridgehead atoms. The molecule has 0 unspecified atom stereocenters. The molecule has 0 N–H and O–H groups in total. The van der Waals surface area contributed by atoms with Gasteiger partial charge in [-0.15, -0.1) is 20.5 Å². The third-order valence-corrected chi connectivity index (χ3v) is 4.88. The summed E-state index contributed by atoms with van der Waals surface area (Å²) in [4.78, 5) is 0. The Balaban J connectivity index is 1.26. The van der Waals surface area contributed by atoms with Gasteiger partial charge in [0.15, 0.2) is 0 Å². The number of benzene rings is 2. The van der Waals surface area contributed by atoms with Crippen molar-refractivity contribution >= 4 is 0 Å². The molecule has 2 aromatic carbocycles. The van der Waals surface area contributed by atoms with Gasteiger partial charge in [0.1, 0.15) is 5.75 Å². The summed E-state index contributed by atoms with van der Waals surface area (Å²) < 4.78 is 83.3. The minimum atomic E-state index is -4.58. The number of ether oxygens (including phenoxy) is 1. The van der Waals surface area contributed by atoms with E-state index in [-0.39, 0.29) is 17.7 Å². The summed E-state index contributed by atoms with van der Waals surface area (Å²) in [6.07, 6.45) is -8.01. The highest BCUT2D eigenvalue weighted by atomic mass is 19.4. The van der Waals surface area contributed by atoms with Crippen LogP contribution in [0.1, 0.15) is 23.1 Å². The van der Waals surface area contributed by atoms with Crippen molar-refractivity contribution < 1.29 is 31.1 Å². The minimum absolute atomic E-state index is 0.0270. The molecule has 4 rings (SSSR count). The summed E-state index contributed by atoms with van der Waals surface area (Å²) in [5.74, 6) is 0.399. The molecule has 0 fully saturated rings. The Morgan fingerprint density at radius 3 is 1.50 bits per heavy atom. The maximum absolute atomic E-state index is 13.0. The SMILES string of the molecule is FC(F)(F)C1(c2ccc(CCCOc3ccc(C4(C(F)(F)F)N=N4)cc3)cc2)N=N1. The molecule has 0 aromatic heterocycles. The lowest BCUT2D eigenvalue weighted by Crippen LogP contribution is -2.30. The van der Waals surface area contributed by atoms with Crippen molar-refractivity contribution in [1.29, 1.82) is 0 Å². The standard InChI is InChI=1S/C19H14F6N4O/c20-18(21,22)16(26-27-16)13-5-3-12(4-6-13)2-1-11-30-15-9-7-14(8-10-15)17(28-29-17)19(23,24)25/h3-10H,1-2,11H2. The Kier molecular flexibility index (Phi) is 4.59. The fourth-order valence-electron chi connectivity index (χ4n) is 3.04. The highest BCUT2D eigenvalue weighted by Gasteiger charge is 2.65. The summed E-state index contributed by atoms with van der Waals surface area (Å²) in [7, 11) is 0. The molecule has 158 valence electrons. The molecule has 0 aliphatic carbocycles. The van der Waals surface area contributed by atoms with Crippen LogP contribution >= 0.6 is 0 Å². The van der Waals surface area contributed by atoms with Crippen LogP contribution in [-0.4, -0.2) is 19.0 Å². The average molecular weight is 428 g/mol. The molecule has 2 aromatic rings. The van der Waals surface area contributed by atoms with E-state index in [2.05, 4.69) is 20.5 Å². The monoisotopic (exact) mass is 428 g/mol. The number of alkyl halides is 6. The maximum Gasteiger partial charge on any atom is 0.442 e. The van der Waals surface area contributed by atoms with Gasteiger partial charge in [-0.05, 0) is 30.5 Å². The van der Waals surface area contributed by atoms with Crippen molar-refractivity contribution in [1.82, 2.24) is 0 Å². The molecule has 2 aliphatic heterocycles. The van der Waals surface area contributed by atoms with Crippen LogP contribution in [0.15, 0.2) is 69.0 Å². The van der Waals surface area contributed by atoms with Gasteiger partial charge in [-0.3, -0.25) is 0 Å². The average Bonchev–Trinajstić information content (AvgIpc) is 3.58. The van der Waals surface area contributed by atoms with E-state index < -0.39 is 23.7 Å². The molecule has 0 atom stereocenters. The van der Waals surface area contributed by atoms with E-state index in [0.29, 0.717) is 18.6 Å². The van der Waals surface area contributed by atoms with Gasteiger partial charge in [0.25, 0.3) is 0 Å². The van der Waals surface area contributed by atoms with Crippen molar-refractivity contribution in [3.05, 3.63) is 65.2 Å². The van der Waals surface area contributed by atoms with E-state index >= 15 is 0 Å². The number of aryl methyl sites for hydroxylation is 1. The third-order valence-electron chi connectivity index (χ3n) is 4.88. The quantitative estimate of drug-likeness (QED) is 0.391. The summed E-state index contributed by atoms with van der Waals surface area (Å²) in [5.41, 5.74) is -4.16. The van der Waals surface area contributed by atoms with Gasteiger partial charge in [-0.25, -0.2) is 0 Å². The Morgan fingerprint density at radius 2 is 1.10 bits per heavy atom. The summed E-state index contributed by atoms with van der Waals surface area (Å²) >= 11 is 0. The zero-order chi connectivity index (χ0) is 21.6. The zero-order valence-corrected chi connectivity index (χ0v) is 15.2. The van der Waals surface area contributed by atoms with Crippen LogP contribution in [0, 0.1) is 0 Å². The molecular formula is C19H14F6N4O. The predicted molar refractivity (Wildman–Crippen MR) is 91.9 cm³/mol. The van der Waals surface area contributed by atoms with Crippen LogP contribution in [-0.2, 0) is 17.7 Å².